The molecule has 0 amide bonds. The molecule has 0 saturated heterocycles. The SMILES string of the molecule is CC[C@@H](C[C@@H](CC)c1ccc(C)cc1)NC. The molecule has 90 valence electrons. The molecule has 16 heavy (non-hydrogen) atoms. The summed E-state index contributed by atoms with van der Waals surface area (Å²) in [5, 5.41) is 3.40. The topological polar surface area (TPSA) is 12.0 Å². The Morgan fingerprint density at radius 1 is 1.06 bits per heavy atom. The number of aryl methyl sites for hydroxylation is 1. The molecule has 1 heteroatoms. The first-order valence-corrected chi connectivity index (χ1v) is 6.45. The van der Waals surface area contributed by atoms with Gasteiger partial charge in [-0.3, -0.25) is 0 Å². The summed E-state index contributed by atoms with van der Waals surface area (Å²) in [6.45, 7) is 6.68. The van der Waals surface area contributed by atoms with E-state index in [1.807, 2.05) is 0 Å². The first-order chi connectivity index (χ1) is 7.71. The van der Waals surface area contributed by atoms with Gasteiger partial charge in [0.15, 0.2) is 0 Å². The van der Waals surface area contributed by atoms with Crippen LogP contribution in [0.25, 0.3) is 0 Å². The zero-order valence-corrected chi connectivity index (χ0v) is 11.1. The molecule has 0 aliphatic heterocycles. The van der Waals surface area contributed by atoms with Crippen molar-refractivity contribution in [1.82, 2.24) is 5.32 Å². The molecule has 1 N–H and O–H groups in total. The first-order valence-electron chi connectivity index (χ1n) is 6.45. The van der Waals surface area contributed by atoms with Gasteiger partial charge < -0.3 is 5.32 Å². The predicted molar refractivity (Wildman–Crippen MR) is 72.0 cm³/mol. The smallest absolute Gasteiger partial charge is 0.00672 e. The van der Waals surface area contributed by atoms with E-state index in [0.29, 0.717) is 12.0 Å². The molecule has 0 spiro atoms. The second-order valence-electron chi connectivity index (χ2n) is 4.65. The van der Waals surface area contributed by atoms with Crippen molar-refractivity contribution in [3.8, 4) is 0 Å². The molecule has 2 atom stereocenters. The highest BCUT2D eigenvalue weighted by atomic mass is 14.9. The Bertz CT molecular complexity index is 285. The third-order valence-electron chi connectivity index (χ3n) is 3.51. The lowest BCUT2D eigenvalue weighted by Crippen LogP contribution is -2.26. The molecule has 0 aromatic heterocycles. The number of hydrogen-bond acceptors (Lipinski definition) is 1. The maximum atomic E-state index is 3.40. The molecule has 0 radical (unpaired) electrons. The molecule has 0 aliphatic carbocycles. The van der Waals surface area contributed by atoms with E-state index in [-0.39, 0.29) is 0 Å². The van der Waals surface area contributed by atoms with Gasteiger partial charge in [0.05, 0.1) is 0 Å². The standard InChI is InChI=1S/C15H25N/c1-5-13(11-15(6-2)16-4)14-9-7-12(3)8-10-14/h7-10,13,15-16H,5-6,11H2,1-4H3/t13-,15+/m1/s1. The molecular formula is C15H25N. The molecule has 0 saturated carbocycles. The van der Waals surface area contributed by atoms with Gasteiger partial charge >= 0.3 is 0 Å². The van der Waals surface area contributed by atoms with Crippen LogP contribution in [0.2, 0.25) is 0 Å². The van der Waals surface area contributed by atoms with Crippen LogP contribution in [-0.2, 0) is 0 Å². The summed E-state index contributed by atoms with van der Waals surface area (Å²) in [6, 6.07) is 9.65. The lowest BCUT2D eigenvalue weighted by molar-refractivity contribution is 0.449. The van der Waals surface area contributed by atoms with Gasteiger partial charge in [0.2, 0.25) is 0 Å². The van der Waals surface area contributed by atoms with E-state index in [1.165, 1.54) is 30.4 Å². The van der Waals surface area contributed by atoms with E-state index in [0.717, 1.165) is 0 Å². The molecule has 1 nitrogen and oxygen atoms in total. The molecular weight excluding hydrogens is 194 g/mol. The molecule has 0 unspecified atom stereocenters. The van der Waals surface area contributed by atoms with Crippen LogP contribution in [-0.4, -0.2) is 13.1 Å². The fraction of sp³-hybridized carbons (Fsp3) is 0.600. The molecule has 0 fully saturated rings. The van der Waals surface area contributed by atoms with Crippen molar-refractivity contribution < 1.29 is 0 Å². The fourth-order valence-corrected chi connectivity index (χ4v) is 2.21. The quantitative estimate of drug-likeness (QED) is 0.765. The number of rotatable bonds is 6. The summed E-state index contributed by atoms with van der Waals surface area (Å²) in [6.07, 6.45) is 3.67. The molecule has 1 aromatic carbocycles. The first kappa shape index (κ1) is 13.2. The third kappa shape index (κ3) is 3.64. The van der Waals surface area contributed by atoms with Gasteiger partial charge in [-0.2, -0.15) is 0 Å². The van der Waals surface area contributed by atoms with Crippen molar-refractivity contribution >= 4 is 0 Å². The average Bonchev–Trinajstić information content (AvgIpc) is 2.32. The van der Waals surface area contributed by atoms with E-state index < -0.39 is 0 Å². The van der Waals surface area contributed by atoms with Gasteiger partial charge in [-0.25, -0.2) is 0 Å². The van der Waals surface area contributed by atoms with Gasteiger partial charge in [-0.1, -0.05) is 43.7 Å². The Morgan fingerprint density at radius 2 is 1.69 bits per heavy atom. The lowest BCUT2D eigenvalue weighted by atomic mass is 9.89. The second-order valence-corrected chi connectivity index (χ2v) is 4.65. The van der Waals surface area contributed by atoms with Crippen LogP contribution in [0.3, 0.4) is 0 Å². The van der Waals surface area contributed by atoms with Crippen molar-refractivity contribution in [3.63, 3.8) is 0 Å². The largest absolute Gasteiger partial charge is 0.317 e. The maximum absolute atomic E-state index is 3.40. The minimum atomic E-state index is 0.645. The van der Waals surface area contributed by atoms with Crippen molar-refractivity contribution in [2.45, 2.75) is 52.0 Å². The van der Waals surface area contributed by atoms with Crippen LogP contribution < -0.4 is 5.32 Å². The zero-order valence-electron chi connectivity index (χ0n) is 11.1. The lowest BCUT2D eigenvalue weighted by Gasteiger charge is -2.21. The van der Waals surface area contributed by atoms with Crippen molar-refractivity contribution in [2.75, 3.05) is 7.05 Å². The number of hydrogen-bond donors (Lipinski definition) is 1. The van der Waals surface area contributed by atoms with Gasteiger partial charge in [-0.05, 0) is 44.7 Å². The van der Waals surface area contributed by atoms with E-state index in [1.54, 1.807) is 0 Å². The molecule has 1 aromatic rings. The highest BCUT2D eigenvalue weighted by Gasteiger charge is 2.14. The molecule has 0 bridgehead atoms. The summed E-state index contributed by atoms with van der Waals surface area (Å²) in [4.78, 5) is 0. The van der Waals surface area contributed by atoms with E-state index >= 15 is 0 Å². The Kier molecular flexibility index (Phi) is 5.54. The van der Waals surface area contributed by atoms with Crippen LogP contribution in [0.1, 0.15) is 50.2 Å². The summed E-state index contributed by atoms with van der Waals surface area (Å²) in [5.41, 5.74) is 2.83. The Morgan fingerprint density at radius 3 is 2.12 bits per heavy atom. The molecule has 0 aliphatic rings. The number of benzene rings is 1. The highest BCUT2D eigenvalue weighted by molar-refractivity contribution is 5.24. The predicted octanol–water partition coefficient (Wildman–Crippen LogP) is 3.88. The minimum Gasteiger partial charge on any atom is -0.317 e. The van der Waals surface area contributed by atoms with Crippen LogP contribution in [0.4, 0.5) is 0 Å². The summed E-state index contributed by atoms with van der Waals surface area (Å²) in [7, 11) is 2.07. The number of nitrogens with one attached hydrogen (secondary N) is 1. The fourth-order valence-electron chi connectivity index (χ4n) is 2.21. The van der Waals surface area contributed by atoms with Crippen LogP contribution in [0.15, 0.2) is 24.3 Å². The Labute approximate surface area is 100 Å². The molecule has 1 rings (SSSR count). The van der Waals surface area contributed by atoms with Crippen LogP contribution in [0.5, 0.6) is 0 Å². The van der Waals surface area contributed by atoms with Gasteiger partial charge in [0.25, 0.3) is 0 Å². The van der Waals surface area contributed by atoms with Gasteiger partial charge in [0, 0.05) is 6.04 Å². The summed E-state index contributed by atoms with van der Waals surface area (Å²) >= 11 is 0. The van der Waals surface area contributed by atoms with Crippen LogP contribution >= 0.6 is 0 Å². The van der Waals surface area contributed by atoms with Crippen molar-refractivity contribution in [3.05, 3.63) is 35.4 Å². The maximum Gasteiger partial charge on any atom is 0.00672 e. The van der Waals surface area contributed by atoms with Crippen molar-refractivity contribution in [1.29, 1.82) is 0 Å². The van der Waals surface area contributed by atoms with Crippen molar-refractivity contribution in [2.24, 2.45) is 0 Å². The third-order valence-corrected chi connectivity index (χ3v) is 3.51. The second kappa shape index (κ2) is 6.70. The van der Waals surface area contributed by atoms with Gasteiger partial charge in [0.1, 0.15) is 0 Å². The van der Waals surface area contributed by atoms with Crippen LogP contribution in [0, 0.1) is 6.92 Å². The average molecular weight is 219 g/mol. The van der Waals surface area contributed by atoms with E-state index in [2.05, 4.69) is 57.4 Å². The molecule has 0 heterocycles. The monoisotopic (exact) mass is 219 g/mol. The summed E-state index contributed by atoms with van der Waals surface area (Å²) < 4.78 is 0. The van der Waals surface area contributed by atoms with E-state index in [4.69, 9.17) is 0 Å². The summed E-state index contributed by atoms with van der Waals surface area (Å²) in [5.74, 6) is 0.693. The Hall–Kier alpha value is -0.820. The zero-order chi connectivity index (χ0) is 12.0. The van der Waals surface area contributed by atoms with E-state index in [9.17, 15) is 0 Å². The normalized spacial score (nSPS) is 14.8. The Balaban J connectivity index is 2.70. The highest BCUT2D eigenvalue weighted by Crippen LogP contribution is 2.25. The van der Waals surface area contributed by atoms with Gasteiger partial charge in [-0.15, -0.1) is 0 Å². The minimum absolute atomic E-state index is 0.645.